The highest BCUT2D eigenvalue weighted by molar-refractivity contribution is 6.31. The number of halogens is 2. The van der Waals surface area contributed by atoms with Gasteiger partial charge < -0.3 is 10.1 Å². The molecule has 0 saturated carbocycles. The molecule has 0 aromatic heterocycles. The van der Waals surface area contributed by atoms with Gasteiger partial charge in [-0.25, -0.2) is 4.39 Å². The molecule has 2 aromatic rings. The predicted molar refractivity (Wildman–Crippen MR) is 95.3 cm³/mol. The van der Waals surface area contributed by atoms with Crippen LogP contribution in [0.3, 0.4) is 0 Å². The molecule has 4 nitrogen and oxygen atoms in total. The zero-order chi connectivity index (χ0) is 17.6. The van der Waals surface area contributed by atoms with Gasteiger partial charge in [0.2, 0.25) is 0 Å². The van der Waals surface area contributed by atoms with E-state index in [2.05, 4.69) is 10.2 Å². The van der Waals surface area contributed by atoms with Crippen LogP contribution in [-0.4, -0.2) is 43.7 Å². The molecule has 1 fully saturated rings. The highest BCUT2D eigenvalue weighted by Crippen LogP contribution is 2.27. The number of nitrogens with zero attached hydrogens (tertiary/aromatic N) is 1. The Bertz CT molecular complexity index is 718. The second-order valence-corrected chi connectivity index (χ2v) is 6.31. The molecule has 6 heteroatoms. The number of nitrogens with one attached hydrogen (secondary N) is 1. The summed E-state index contributed by atoms with van der Waals surface area (Å²) >= 11 is 6.38. The maximum Gasteiger partial charge on any atom is 0.251 e. The van der Waals surface area contributed by atoms with Crippen LogP contribution >= 0.6 is 11.6 Å². The van der Waals surface area contributed by atoms with Crippen LogP contribution in [0, 0.1) is 5.82 Å². The van der Waals surface area contributed by atoms with Crippen molar-refractivity contribution in [3.63, 3.8) is 0 Å². The van der Waals surface area contributed by atoms with Crippen LogP contribution in [0.5, 0.6) is 0 Å². The predicted octanol–water partition coefficient (Wildman–Crippen LogP) is 3.28. The number of hydrogen-bond donors (Lipinski definition) is 1. The third kappa shape index (κ3) is 4.57. The molecule has 0 aliphatic carbocycles. The first-order valence-electron chi connectivity index (χ1n) is 8.25. The van der Waals surface area contributed by atoms with Gasteiger partial charge in [0.15, 0.2) is 0 Å². The molecule has 2 aromatic carbocycles. The van der Waals surface area contributed by atoms with E-state index < -0.39 is 0 Å². The van der Waals surface area contributed by atoms with Crippen molar-refractivity contribution in [1.82, 2.24) is 10.2 Å². The van der Waals surface area contributed by atoms with Gasteiger partial charge in [-0.05, 0) is 35.9 Å². The molecule has 1 aliphatic rings. The largest absolute Gasteiger partial charge is 0.379 e. The van der Waals surface area contributed by atoms with Gasteiger partial charge in [-0.15, -0.1) is 0 Å². The van der Waals surface area contributed by atoms with Gasteiger partial charge in [0.1, 0.15) is 5.82 Å². The van der Waals surface area contributed by atoms with Crippen molar-refractivity contribution in [2.75, 3.05) is 32.8 Å². The summed E-state index contributed by atoms with van der Waals surface area (Å²) in [5, 5.41) is 3.61. The summed E-state index contributed by atoms with van der Waals surface area (Å²) in [7, 11) is 0. The van der Waals surface area contributed by atoms with E-state index in [4.69, 9.17) is 16.3 Å². The molecule has 1 heterocycles. The monoisotopic (exact) mass is 362 g/mol. The molecule has 0 unspecified atom stereocenters. The first kappa shape index (κ1) is 17.9. The van der Waals surface area contributed by atoms with E-state index in [1.165, 1.54) is 24.3 Å². The average molecular weight is 363 g/mol. The topological polar surface area (TPSA) is 41.6 Å². The molecule has 1 atom stereocenters. The van der Waals surface area contributed by atoms with Crippen molar-refractivity contribution in [2.45, 2.75) is 6.04 Å². The second kappa shape index (κ2) is 8.43. The normalized spacial score (nSPS) is 16.4. The Morgan fingerprint density at radius 2 is 1.84 bits per heavy atom. The summed E-state index contributed by atoms with van der Waals surface area (Å²) in [5.41, 5.74) is 1.41. The Morgan fingerprint density at radius 1 is 1.16 bits per heavy atom. The van der Waals surface area contributed by atoms with E-state index in [1.54, 1.807) is 0 Å². The van der Waals surface area contributed by atoms with Crippen LogP contribution in [0.15, 0.2) is 48.5 Å². The lowest BCUT2D eigenvalue weighted by molar-refractivity contribution is 0.0162. The van der Waals surface area contributed by atoms with Crippen LogP contribution in [0.2, 0.25) is 5.02 Å². The number of rotatable bonds is 5. The van der Waals surface area contributed by atoms with E-state index in [1.807, 2.05) is 24.3 Å². The molecular weight excluding hydrogens is 343 g/mol. The number of amides is 1. The van der Waals surface area contributed by atoms with Crippen LogP contribution in [0.4, 0.5) is 4.39 Å². The summed E-state index contributed by atoms with van der Waals surface area (Å²) in [6.45, 7) is 3.30. The maximum absolute atomic E-state index is 13.0. The highest BCUT2D eigenvalue weighted by Gasteiger charge is 2.25. The molecule has 1 amide bonds. The SMILES string of the molecule is O=C(NC[C@H](c1ccccc1Cl)N1CCOCC1)c1ccc(F)cc1. The van der Waals surface area contributed by atoms with Crippen LogP contribution in [0.1, 0.15) is 22.0 Å². The molecule has 0 spiro atoms. The molecule has 0 radical (unpaired) electrons. The molecular formula is C19H20ClFN2O2. The van der Waals surface area contributed by atoms with Gasteiger partial charge in [-0.2, -0.15) is 0 Å². The van der Waals surface area contributed by atoms with Crippen molar-refractivity contribution >= 4 is 17.5 Å². The van der Waals surface area contributed by atoms with Gasteiger partial charge in [-0.1, -0.05) is 29.8 Å². The Kier molecular flexibility index (Phi) is 6.02. The Hall–Kier alpha value is -1.95. The Morgan fingerprint density at radius 3 is 2.52 bits per heavy atom. The molecule has 132 valence electrons. The minimum atomic E-state index is -0.362. The van der Waals surface area contributed by atoms with Crippen molar-refractivity contribution in [3.05, 3.63) is 70.5 Å². The lowest BCUT2D eigenvalue weighted by Crippen LogP contribution is -2.44. The van der Waals surface area contributed by atoms with Gasteiger partial charge in [0.25, 0.3) is 5.91 Å². The van der Waals surface area contributed by atoms with E-state index in [0.29, 0.717) is 30.3 Å². The number of carbonyl (C=O) groups is 1. The van der Waals surface area contributed by atoms with Crippen LogP contribution in [0.25, 0.3) is 0 Å². The average Bonchev–Trinajstić information content (AvgIpc) is 2.64. The number of morpholine rings is 1. The van der Waals surface area contributed by atoms with Gasteiger partial charge in [0.05, 0.1) is 19.3 Å². The van der Waals surface area contributed by atoms with E-state index in [-0.39, 0.29) is 17.8 Å². The highest BCUT2D eigenvalue weighted by atomic mass is 35.5. The first-order valence-corrected chi connectivity index (χ1v) is 8.63. The summed E-state index contributed by atoms with van der Waals surface area (Å²) in [4.78, 5) is 14.6. The van der Waals surface area contributed by atoms with Crippen molar-refractivity contribution in [1.29, 1.82) is 0 Å². The van der Waals surface area contributed by atoms with Gasteiger partial charge in [0, 0.05) is 30.2 Å². The molecule has 25 heavy (non-hydrogen) atoms. The molecule has 1 aliphatic heterocycles. The Balaban J connectivity index is 1.74. The van der Waals surface area contributed by atoms with Crippen molar-refractivity contribution in [2.24, 2.45) is 0 Å². The summed E-state index contributed by atoms with van der Waals surface area (Å²) in [6.07, 6.45) is 0. The minimum Gasteiger partial charge on any atom is -0.379 e. The fourth-order valence-electron chi connectivity index (χ4n) is 2.96. The number of carbonyl (C=O) groups excluding carboxylic acids is 1. The molecule has 1 N–H and O–H groups in total. The van der Waals surface area contributed by atoms with E-state index in [9.17, 15) is 9.18 Å². The standard InChI is InChI=1S/C19H20ClFN2O2/c20-17-4-2-1-3-16(17)18(23-9-11-25-12-10-23)13-22-19(24)14-5-7-15(21)8-6-14/h1-8,18H,9-13H2,(H,22,24)/t18-/m1/s1. The fourth-order valence-corrected chi connectivity index (χ4v) is 3.22. The maximum atomic E-state index is 13.0. The zero-order valence-electron chi connectivity index (χ0n) is 13.8. The number of benzene rings is 2. The lowest BCUT2D eigenvalue weighted by atomic mass is 10.0. The number of ether oxygens (including phenoxy) is 1. The quantitative estimate of drug-likeness (QED) is 0.887. The lowest BCUT2D eigenvalue weighted by Gasteiger charge is -2.35. The van der Waals surface area contributed by atoms with Crippen molar-refractivity contribution < 1.29 is 13.9 Å². The first-order chi connectivity index (χ1) is 12.1. The number of hydrogen-bond acceptors (Lipinski definition) is 3. The summed E-state index contributed by atoms with van der Waals surface area (Å²) < 4.78 is 18.4. The van der Waals surface area contributed by atoms with Crippen molar-refractivity contribution in [3.8, 4) is 0 Å². The molecule has 0 bridgehead atoms. The minimum absolute atomic E-state index is 0.0398. The summed E-state index contributed by atoms with van der Waals surface area (Å²) in [5.74, 6) is -0.593. The van der Waals surface area contributed by atoms with Gasteiger partial charge in [-0.3, -0.25) is 9.69 Å². The second-order valence-electron chi connectivity index (χ2n) is 5.90. The van der Waals surface area contributed by atoms with E-state index in [0.717, 1.165) is 18.7 Å². The summed E-state index contributed by atoms with van der Waals surface area (Å²) in [6, 6.07) is 13.1. The van der Waals surface area contributed by atoms with Crippen LogP contribution < -0.4 is 5.32 Å². The Labute approximate surface area is 151 Å². The molecule has 1 saturated heterocycles. The van der Waals surface area contributed by atoms with Crippen LogP contribution in [-0.2, 0) is 4.74 Å². The third-order valence-corrected chi connectivity index (χ3v) is 4.66. The van der Waals surface area contributed by atoms with E-state index >= 15 is 0 Å². The fraction of sp³-hybridized carbons (Fsp3) is 0.316. The smallest absolute Gasteiger partial charge is 0.251 e. The van der Waals surface area contributed by atoms with Gasteiger partial charge >= 0.3 is 0 Å². The third-order valence-electron chi connectivity index (χ3n) is 4.31. The molecule has 3 rings (SSSR count). The zero-order valence-corrected chi connectivity index (χ0v) is 14.5.